The third-order valence-corrected chi connectivity index (χ3v) is 0.289. The minimum Gasteiger partial charge on any atom is -0.759 e. The molecule has 0 aromatic carbocycles. The first-order valence-electron chi connectivity index (χ1n) is 0.826. The number of hydrogen-bond acceptors (Lipinski definition) is 3. The van der Waals surface area contributed by atoms with E-state index >= 15 is 0 Å². The van der Waals surface area contributed by atoms with Gasteiger partial charge in [-0.05, 0) is 0 Å². The van der Waals surface area contributed by atoms with E-state index in [9.17, 15) is 0 Å². The van der Waals surface area contributed by atoms with Crippen LogP contribution in [0.25, 0.3) is 0 Å². The summed E-state index contributed by atoms with van der Waals surface area (Å²) < 4.78 is 18.3. The molecule has 0 bridgehead atoms. The second-order valence-electron chi connectivity index (χ2n) is 0.353. The van der Waals surface area contributed by atoms with Crippen LogP contribution in [0.15, 0.2) is 0 Å². The van der Waals surface area contributed by atoms with Gasteiger partial charge in [-0.1, -0.05) is 0 Å². The maximum atomic E-state index is 9.13. The Morgan fingerprint density at radius 3 is 2.00 bits per heavy atom. The van der Waals surface area contributed by atoms with Gasteiger partial charge in [0.1, 0.15) is 0 Å². The summed E-state index contributed by atoms with van der Waals surface area (Å²) in [6.07, 6.45) is 0. The molecule has 32 valence electrons. The molecule has 3 N–H and O–H groups in total. The van der Waals surface area contributed by atoms with Crippen LogP contribution < -0.4 is 40.2 Å². The Kier molecular flexibility index (Phi) is 10.2. The van der Waals surface area contributed by atoms with Gasteiger partial charge in [0.05, 0.1) is 0 Å². The molecule has 0 aliphatic rings. The van der Waals surface area contributed by atoms with Gasteiger partial charge in [-0.2, -0.15) is 4.83 Å². The SMILES string of the molecule is NNS(=O)[O-].[Na+]. The second kappa shape index (κ2) is 6.03. The fraction of sp³-hybridized carbons (Fsp3) is 0. The van der Waals surface area contributed by atoms with E-state index in [0.29, 0.717) is 0 Å². The Morgan fingerprint density at radius 1 is 1.83 bits per heavy atom. The molecule has 0 radical (unpaired) electrons. The van der Waals surface area contributed by atoms with Crippen molar-refractivity contribution in [3.05, 3.63) is 0 Å². The van der Waals surface area contributed by atoms with E-state index in [-0.39, 0.29) is 29.6 Å². The minimum atomic E-state index is -2.29. The van der Waals surface area contributed by atoms with Gasteiger partial charge in [0.15, 0.2) is 0 Å². The molecule has 0 rings (SSSR count). The van der Waals surface area contributed by atoms with Crippen LogP contribution in [0.1, 0.15) is 0 Å². The van der Waals surface area contributed by atoms with Crippen LogP contribution in [0.5, 0.6) is 0 Å². The van der Waals surface area contributed by atoms with Crippen LogP contribution in [-0.2, 0) is 11.3 Å². The van der Waals surface area contributed by atoms with Gasteiger partial charge in [0.25, 0.3) is 0 Å². The number of hydrogen-bond donors (Lipinski definition) is 2. The predicted molar refractivity (Wildman–Crippen MR) is 16.2 cm³/mol. The van der Waals surface area contributed by atoms with Crippen LogP contribution in [0, 0.1) is 0 Å². The molecule has 1 unspecified atom stereocenters. The largest absolute Gasteiger partial charge is 1.00 e. The Morgan fingerprint density at radius 2 is 2.00 bits per heavy atom. The zero-order valence-electron chi connectivity index (χ0n) is 3.30. The van der Waals surface area contributed by atoms with Crippen LogP contribution in [0.2, 0.25) is 0 Å². The Balaban J connectivity index is 0. The van der Waals surface area contributed by atoms with Crippen molar-refractivity contribution in [2.24, 2.45) is 5.84 Å². The van der Waals surface area contributed by atoms with E-state index in [1.54, 1.807) is 0 Å². The fourth-order valence-electron chi connectivity index (χ4n) is 0. The van der Waals surface area contributed by atoms with Gasteiger partial charge in [-0.3, -0.25) is 10.1 Å². The molecule has 0 aliphatic heterocycles. The average Bonchev–Trinajstić information content (AvgIpc) is 1.38. The average molecular weight is 118 g/mol. The number of nitrogens with one attached hydrogen (secondary N) is 1. The molecular weight excluding hydrogens is 115 g/mol. The summed E-state index contributed by atoms with van der Waals surface area (Å²) in [5.41, 5.74) is 0. The molecule has 0 fully saturated rings. The third-order valence-electron chi connectivity index (χ3n) is 0.0962. The maximum absolute atomic E-state index is 9.13. The van der Waals surface area contributed by atoms with Crippen LogP contribution >= 0.6 is 0 Å². The molecule has 0 saturated carbocycles. The topological polar surface area (TPSA) is 78.2 Å². The first kappa shape index (κ1) is 10.1. The van der Waals surface area contributed by atoms with E-state index in [2.05, 4.69) is 5.84 Å². The van der Waals surface area contributed by atoms with Crippen molar-refractivity contribution in [1.82, 2.24) is 4.83 Å². The third kappa shape index (κ3) is 8.90. The smallest absolute Gasteiger partial charge is 0.759 e. The molecular formula is H3N2NaO2S. The van der Waals surface area contributed by atoms with Crippen LogP contribution in [0.3, 0.4) is 0 Å². The molecule has 6 heavy (non-hydrogen) atoms. The summed E-state index contributed by atoms with van der Waals surface area (Å²) in [5.74, 6) is 4.31. The van der Waals surface area contributed by atoms with E-state index in [1.807, 2.05) is 0 Å². The normalized spacial score (nSPS) is 12.3. The maximum Gasteiger partial charge on any atom is 1.00 e. The predicted octanol–water partition coefficient (Wildman–Crippen LogP) is -4.75. The van der Waals surface area contributed by atoms with Crippen molar-refractivity contribution in [2.45, 2.75) is 0 Å². The monoisotopic (exact) mass is 118 g/mol. The molecule has 0 aromatic rings. The first-order valence-corrected chi connectivity index (χ1v) is 1.90. The van der Waals surface area contributed by atoms with Gasteiger partial charge in [0, 0.05) is 11.3 Å². The Bertz CT molecular complexity index is 46.8. The summed E-state index contributed by atoms with van der Waals surface area (Å²) in [4.78, 5) is 1.44. The summed E-state index contributed by atoms with van der Waals surface area (Å²) in [6.45, 7) is 0. The van der Waals surface area contributed by atoms with Gasteiger partial charge in [0.2, 0.25) is 0 Å². The summed E-state index contributed by atoms with van der Waals surface area (Å²) in [7, 11) is 0. The second-order valence-corrected chi connectivity index (χ2v) is 1.06. The molecule has 0 heterocycles. The summed E-state index contributed by atoms with van der Waals surface area (Å²) in [5, 5.41) is 0. The molecule has 0 saturated heterocycles. The standard InChI is InChI=1S/H4N2O2S.Na/c1-2-5(3)4;/h2H,1H2,(H,3,4);/q;+1/p-1. The Hall–Kier alpha value is 1.03. The van der Waals surface area contributed by atoms with E-state index in [0.717, 1.165) is 0 Å². The number of hydrazine groups is 1. The van der Waals surface area contributed by atoms with Gasteiger partial charge >= 0.3 is 29.6 Å². The molecule has 0 aliphatic carbocycles. The summed E-state index contributed by atoms with van der Waals surface area (Å²) in [6, 6.07) is 0. The van der Waals surface area contributed by atoms with E-state index in [1.165, 1.54) is 4.83 Å². The molecule has 1 atom stereocenters. The zero-order valence-corrected chi connectivity index (χ0v) is 6.12. The van der Waals surface area contributed by atoms with Crippen molar-refractivity contribution < 1.29 is 38.3 Å². The molecule has 0 amide bonds. The molecule has 0 spiro atoms. The first-order chi connectivity index (χ1) is 2.27. The quantitative estimate of drug-likeness (QED) is 0.157. The number of rotatable bonds is 1. The van der Waals surface area contributed by atoms with E-state index in [4.69, 9.17) is 8.76 Å². The minimum absolute atomic E-state index is 0. The van der Waals surface area contributed by atoms with Crippen LogP contribution in [-0.4, -0.2) is 8.76 Å². The fourth-order valence-corrected chi connectivity index (χ4v) is 0. The zero-order chi connectivity index (χ0) is 4.28. The van der Waals surface area contributed by atoms with Crippen molar-refractivity contribution in [2.75, 3.05) is 0 Å². The van der Waals surface area contributed by atoms with Gasteiger partial charge < -0.3 is 4.55 Å². The van der Waals surface area contributed by atoms with Crippen molar-refractivity contribution >= 4 is 11.3 Å². The molecule has 0 aromatic heterocycles. The van der Waals surface area contributed by atoms with Crippen molar-refractivity contribution in [1.29, 1.82) is 0 Å². The van der Waals surface area contributed by atoms with Gasteiger partial charge in [-0.15, -0.1) is 0 Å². The molecule has 4 nitrogen and oxygen atoms in total. The van der Waals surface area contributed by atoms with Gasteiger partial charge in [-0.25, -0.2) is 0 Å². The molecule has 6 heteroatoms. The Labute approximate surface area is 60.2 Å². The number of nitrogens with two attached hydrogens (primary N) is 1. The van der Waals surface area contributed by atoms with Crippen LogP contribution in [0.4, 0.5) is 0 Å². The van der Waals surface area contributed by atoms with Crippen molar-refractivity contribution in [3.63, 3.8) is 0 Å². The van der Waals surface area contributed by atoms with E-state index < -0.39 is 11.3 Å². The van der Waals surface area contributed by atoms with Crippen molar-refractivity contribution in [3.8, 4) is 0 Å². The summed E-state index contributed by atoms with van der Waals surface area (Å²) >= 11 is -2.29.